The van der Waals surface area contributed by atoms with Crippen molar-refractivity contribution in [1.82, 2.24) is 4.98 Å². The predicted molar refractivity (Wildman–Crippen MR) is 83.5 cm³/mol. The highest BCUT2D eigenvalue weighted by Crippen LogP contribution is 2.28. The minimum atomic E-state index is -4.49. The van der Waals surface area contributed by atoms with Gasteiger partial charge < -0.3 is 14.8 Å². The van der Waals surface area contributed by atoms with E-state index in [1.54, 1.807) is 0 Å². The number of alkyl halides is 3. The molecular formula is C15H12F3N3O5. The number of ether oxygens (including phenoxy) is 2. The van der Waals surface area contributed by atoms with Gasteiger partial charge in [0.15, 0.2) is 6.61 Å². The van der Waals surface area contributed by atoms with Gasteiger partial charge in [-0.25, -0.2) is 9.78 Å². The molecule has 0 fully saturated rings. The first kappa shape index (κ1) is 19.0. The third-order valence-electron chi connectivity index (χ3n) is 2.98. The standard InChI is InChI=1S/C15H12F3N3O5/c1-25-14(22)9-5-12(21(23)24)13(19-7-9)20-10-3-2-4-11(6-10)26-8-15(16,17)18/h2-7H,8H2,1H3,(H,19,20). The lowest BCUT2D eigenvalue weighted by Crippen LogP contribution is -2.19. The summed E-state index contributed by atoms with van der Waals surface area (Å²) in [4.78, 5) is 25.7. The molecule has 0 aliphatic carbocycles. The van der Waals surface area contributed by atoms with Crippen molar-refractivity contribution in [3.05, 3.63) is 52.2 Å². The van der Waals surface area contributed by atoms with Gasteiger partial charge in [-0.1, -0.05) is 6.07 Å². The number of pyridine rings is 1. The maximum absolute atomic E-state index is 12.2. The molecule has 0 saturated carbocycles. The predicted octanol–water partition coefficient (Wildman–Crippen LogP) is 3.46. The maximum atomic E-state index is 12.2. The first-order chi connectivity index (χ1) is 12.2. The third-order valence-corrected chi connectivity index (χ3v) is 2.98. The summed E-state index contributed by atoms with van der Waals surface area (Å²) < 4.78 is 45.7. The summed E-state index contributed by atoms with van der Waals surface area (Å²) in [6.45, 7) is -1.47. The number of carbonyl (C=O) groups is 1. The average Bonchev–Trinajstić information content (AvgIpc) is 2.59. The molecule has 0 atom stereocenters. The van der Waals surface area contributed by atoms with Gasteiger partial charge in [0.25, 0.3) is 0 Å². The maximum Gasteiger partial charge on any atom is 0.422 e. The van der Waals surface area contributed by atoms with Crippen LogP contribution in [-0.4, -0.2) is 35.8 Å². The fourth-order valence-electron chi connectivity index (χ4n) is 1.88. The first-order valence-corrected chi connectivity index (χ1v) is 6.99. The monoisotopic (exact) mass is 371 g/mol. The lowest BCUT2D eigenvalue weighted by atomic mass is 10.2. The number of rotatable bonds is 6. The lowest BCUT2D eigenvalue weighted by Gasteiger charge is -2.11. The molecule has 8 nitrogen and oxygen atoms in total. The van der Waals surface area contributed by atoms with Crippen molar-refractivity contribution < 1.29 is 32.4 Å². The highest BCUT2D eigenvalue weighted by atomic mass is 19.4. The Morgan fingerprint density at radius 1 is 1.35 bits per heavy atom. The smallest absolute Gasteiger partial charge is 0.422 e. The Balaban J connectivity index is 2.25. The van der Waals surface area contributed by atoms with E-state index in [0.717, 1.165) is 19.4 Å². The zero-order valence-corrected chi connectivity index (χ0v) is 13.2. The summed E-state index contributed by atoms with van der Waals surface area (Å²) in [5, 5.41) is 13.8. The van der Waals surface area contributed by atoms with Gasteiger partial charge in [-0.05, 0) is 12.1 Å². The van der Waals surface area contributed by atoms with Crippen LogP contribution in [0.3, 0.4) is 0 Å². The van der Waals surface area contributed by atoms with Crippen LogP contribution >= 0.6 is 0 Å². The van der Waals surface area contributed by atoms with E-state index in [0.29, 0.717) is 0 Å². The van der Waals surface area contributed by atoms with Crippen LogP contribution in [0.4, 0.5) is 30.4 Å². The molecule has 1 N–H and O–H groups in total. The highest BCUT2D eigenvalue weighted by molar-refractivity contribution is 5.90. The van der Waals surface area contributed by atoms with Gasteiger partial charge in [0.1, 0.15) is 5.75 Å². The van der Waals surface area contributed by atoms with E-state index in [-0.39, 0.29) is 22.8 Å². The number of aromatic nitrogens is 1. The van der Waals surface area contributed by atoms with E-state index in [9.17, 15) is 28.1 Å². The summed E-state index contributed by atoms with van der Waals surface area (Å²) in [6.07, 6.45) is -3.42. The molecule has 2 aromatic rings. The second-order valence-electron chi connectivity index (χ2n) is 4.90. The fraction of sp³-hybridized carbons (Fsp3) is 0.200. The lowest BCUT2D eigenvalue weighted by molar-refractivity contribution is -0.384. The molecule has 0 spiro atoms. The summed E-state index contributed by atoms with van der Waals surface area (Å²) in [5.41, 5.74) is -0.410. The van der Waals surface area contributed by atoms with E-state index in [1.165, 1.54) is 24.3 Å². The second-order valence-corrected chi connectivity index (χ2v) is 4.90. The van der Waals surface area contributed by atoms with Crippen LogP contribution in [0.2, 0.25) is 0 Å². The van der Waals surface area contributed by atoms with Gasteiger partial charge >= 0.3 is 17.8 Å². The number of methoxy groups -OCH3 is 1. The van der Waals surface area contributed by atoms with Gasteiger partial charge in [-0.3, -0.25) is 10.1 Å². The molecule has 1 heterocycles. The quantitative estimate of drug-likeness (QED) is 0.471. The number of halogens is 3. The molecule has 138 valence electrons. The Morgan fingerprint density at radius 3 is 2.69 bits per heavy atom. The summed E-state index contributed by atoms with van der Waals surface area (Å²) in [5.74, 6) is -1.08. The summed E-state index contributed by atoms with van der Waals surface area (Å²) in [6, 6.07) is 6.37. The minimum Gasteiger partial charge on any atom is -0.484 e. The molecule has 11 heteroatoms. The number of nitrogens with zero attached hydrogens (tertiary/aromatic N) is 2. The molecule has 26 heavy (non-hydrogen) atoms. The minimum absolute atomic E-state index is 0.0823. The zero-order chi connectivity index (χ0) is 19.3. The molecule has 0 unspecified atom stereocenters. The number of hydrogen-bond donors (Lipinski definition) is 1. The first-order valence-electron chi connectivity index (χ1n) is 6.99. The van der Waals surface area contributed by atoms with E-state index in [2.05, 4.69) is 19.8 Å². The van der Waals surface area contributed by atoms with Crippen molar-refractivity contribution in [2.75, 3.05) is 19.0 Å². The van der Waals surface area contributed by atoms with Crippen molar-refractivity contribution in [1.29, 1.82) is 0 Å². The number of anilines is 2. The molecule has 2 rings (SSSR count). The Hall–Kier alpha value is -3.37. The fourth-order valence-corrected chi connectivity index (χ4v) is 1.88. The molecule has 0 saturated heterocycles. The van der Waals surface area contributed by atoms with Crippen molar-refractivity contribution in [2.24, 2.45) is 0 Å². The van der Waals surface area contributed by atoms with Gasteiger partial charge in [-0.15, -0.1) is 0 Å². The summed E-state index contributed by atoms with van der Waals surface area (Å²) in [7, 11) is 1.12. The molecule has 0 aliphatic rings. The average molecular weight is 371 g/mol. The molecule has 0 amide bonds. The molecular weight excluding hydrogens is 359 g/mol. The SMILES string of the molecule is COC(=O)c1cnc(Nc2cccc(OCC(F)(F)F)c2)c([N+](=O)[O-])c1. The van der Waals surface area contributed by atoms with Crippen LogP contribution in [0.5, 0.6) is 5.75 Å². The number of carbonyl (C=O) groups excluding carboxylic acids is 1. The van der Waals surface area contributed by atoms with Gasteiger partial charge in [0, 0.05) is 24.0 Å². The van der Waals surface area contributed by atoms with Crippen LogP contribution < -0.4 is 10.1 Å². The van der Waals surface area contributed by atoms with E-state index in [1.807, 2.05) is 0 Å². The van der Waals surface area contributed by atoms with Crippen LogP contribution in [-0.2, 0) is 4.74 Å². The number of hydrogen-bond acceptors (Lipinski definition) is 7. The number of nitrogens with one attached hydrogen (secondary N) is 1. The molecule has 0 bridgehead atoms. The Labute approximate surface area is 144 Å². The van der Waals surface area contributed by atoms with Crippen molar-refractivity contribution >= 4 is 23.2 Å². The topological polar surface area (TPSA) is 104 Å². The highest BCUT2D eigenvalue weighted by Gasteiger charge is 2.28. The molecule has 1 aromatic heterocycles. The Kier molecular flexibility index (Phi) is 5.60. The summed E-state index contributed by atoms with van der Waals surface area (Å²) >= 11 is 0. The van der Waals surface area contributed by atoms with Gasteiger partial charge in [-0.2, -0.15) is 13.2 Å². The molecule has 0 radical (unpaired) electrons. The van der Waals surface area contributed by atoms with Crippen molar-refractivity contribution in [3.63, 3.8) is 0 Å². The number of benzene rings is 1. The van der Waals surface area contributed by atoms with E-state index < -0.39 is 29.4 Å². The van der Waals surface area contributed by atoms with Crippen molar-refractivity contribution in [2.45, 2.75) is 6.18 Å². The second kappa shape index (κ2) is 7.68. The largest absolute Gasteiger partial charge is 0.484 e. The molecule has 0 aliphatic heterocycles. The third kappa shape index (κ3) is 5.06. The number of esters is 1. The van der Waals surface area contributed by atoms with E-state index in [4.69, 9.17) is 0 Å². The van der Waals surface area contributed by atoms with Crippen LogP contribution in [0, 0.1) is 10.1 Å². The normalized spacial score (nSPS) is 10.9. The Bertz CT molecular complexity index is 826. The zero-order valence-electron chi connectivity index (χ0n) is 13.2. The molecule has 1 aromatic carbocycles. The van der Waals surface area contributed by atoms with Gasteiger partial charge in [0.05, 0.1) is 17.6 Å². The number of nitro groups is 1. The van der Waals surface area contributed by atoms with Crippen molar-refractivity contribution in [3.8, 4) is 5.75 Å². The van der Waals surface area contributed by atoms with Crippen LogP contribution in [0.15, 0.2) is 36.5 Å². The van der Waals surface area contributed by atoms with Gasteiger partial charge in [0.2, 0.25) is 5.82 Å². The van der Waals surface area contributed by atoms with E-state index >= 15 is 0 Å². The Morgan fingerprint density at radius 2 is 2.08 bits per heavy atom. The van der Waals surface area contributed by atoms with Crippen LogP contribution in [0.1, 0.15) is 10.4 Å². The van der Waals surface area contributed by atoms with Crippen LogP contribution in [0.25, 0.3) is 0 Å².